The van der Waals surface area contributed by atoms with Gasteiger partial charge in [-0.2, -0.15) is 0 Å². The predicted octanol–water partition coefficient (Wildman–Crippen LogP) is 7.09. The van der Waals surface area contributed by atoms with Gasteiger partial charge in [-0.3, -0.25) is 14.2 Å². The van der Waals surface area contributed by atoms with Crippen molar-refractivity contribution >= 4 is 25.6 Å². The molecule has 1 N–H and O–H groups in total. The molecule has 0 radical (unpaired) electrons. The number of imide groups is 1. The fraction of sp³-hybridized carbons (Fsp3) is 0.452. The van der Waals surface area contributed by atoms with Gasteiger partial charge in [-0.1, -0.05) is 60.7 Å². The number of amides is 2. The molecule has 1 saturated heterocycles. The van der Waals surface area contributed by atoms with Crippen LogP contribution in [0.25, 0.3) is 0 Å². The number of ether oxygens (including phenoxy) is 1. The van der Waals surface area contributed by atoms with Gasteiger partial charge in [0, 0.05) is 5.92 Å². The molecular weight excluding hydrogens is 545 g/mol. The van der Waals surface area contributed by atoms with E-state index in [1.165, 1.54) is 6.08 Å². The first-order valence-corrected chi connectivity index (χ1v) is 15.2. The molecule has 0 spiro atoms. The van der Waals surface area contributed by atoms with Crippen LogP contribution in [0.15, 0.2) is 67.3 Å². The number of hydrogen-bond acceptors (Lipinski definition) is 7. The van der Waals surface area contributed by atoms with Crippen molar-refractivity contribution in [2.24, 2.45) is 5.92 Å². The van der Waals surface area contributed by atoms with E-state index >= 15 is 0 Å². The number of carbonyl (C=O) groups is 3. The number of aliphatic carboxylic acids is 1. The van der Waals surface area contributed by atoms with E-state index in [0.717, 1.165) is 4.90 Å². The zero-order chi connectivity index (χ0) is 30.6. The first-order chi connectivity index (χ1) is 19.0. The zero-order valence-corrected chi connectivity index (χ0v) is 25.4. The molecule has 1 aliphatic heterocycles. The minimum atomic E-state index is -3.55. The molecule has 10 heteroatoms. The van der Waals surface area contributed by atoms with Crippen LogP contribution in [0.1, 0.15) is 76.6 Å². The normalized spacial score (nSPS) is 17.6. The minimum Gasteiger partial charge on any atom is -0.481 e. The maximum atomic E-state index is 13.8. The fourth-order valence-corrected chi connectivity index (χ4v) is 7.33. The Labute approximate surface area is 242 Å². The zero-order valence-electron chi connectivity index (χ0n) is 24.5. The largest absolute Gasteiger partial charge is 0.481 e. The first-order valence-electron chi connectivity index (χ1n) is 13.5. The van der Waals surface area contributed by atoms with Crippen molar-refractivity contribution in [2.75, 3.05) is 6.61 Å². The number of rotatable bonds is 11. The summed E-state index contributed by atoms with van der Waals surface area (Å²) in [4.78, 5) is 39.4. The van der Waals surface area contributed by atoms with Crippen LogP contribution >= 0.6 is 7.60 Å². The summed E-state index contributed by atoms with van der Waals surface area (Å²) in [6, 6.07) is 15.3. The fourth-order valence-electron chi connectivity index (χ4n) is 4.84. The molecule has 9 nitrogen and oxygen atoms in total. The van der Waals surface area contributed by atoms with Crippen molar-refractivity contribution in [3.05, 3.63) is 83.9 Å². The summed E-state index contributed by atoms with van der Waals surface area (Å²) in [6.45, 7) is 14.7. The molecule has 0 unspecified atom stereocenters. The van der Waals surface area contributed by atoms with Crippen molar-refractivity contribution in [2.45, 2.75) is 77.3 Å². The van der Waals surface area contributed by atoms with Gasteiger partial charge in [-0.05, 0) is 58.2 Å². The quantitative estimate of drug-likeness (QED) is 0.219. The summed E-state index contributed by atoms with van der Waals surface area (Å²) in [5, 5.41) is 9.69. The third kappa shape index (κ3) is 8.86. The van der Waals surface area contributed by atoms with Gasteiger partial charge < -0.3 is 18.9 Å². The van der Waals surface area contributed by atoms with Gasteiger partial charge in [0.1, 0.15) is 12.6 Å². The molecule has 0 saturated carbocycles. The molecular formula is C31H40NO8P. The molecule has 0 aliphatic carbocycles. The maximum Gasteiger partial charge on any atom is 0.417 e. The van der Waals surface area contributed by atoms with E-state index in [1.54, 1.807) is 48.5 Å². The summed E-state index contributed by atoms with van der Waals surface area (Å²) in [7, 11) is -3.55. The van der Waals surface area contributed by atoms with Gasteiger partial charge >= 0.3 is 19.7 Å². The third-order valence-corrected chi connectivity index (χ3v) is 8.66. The predicted molar refractivity (Wildman–Crippen MR) is 155 cm³/mol. The van der Waals surface area contributed by atoms with Crippen molar-refractivity contribution in [1.82, 2.24) is 4.90 Å². The van der Waals surface area contributed by atoms with Crippen LogP contribution in [0.3, 0.4) is 0 Å². The highest BCUT2D eigenvalue weighted by atomic mass is 31.2. The Bertz CT molecular complexity index is 1270. The van der Waals surface area contributed by atoms with Crippen LogP contribution in [0.4, 0.5) is 4.79 Å². The van der Waals surface area contributed by atoms with Crippen LogP contribution in [-0.2, 0) is 34.1 Å². The Hall–Kier alpha value is -3.26. The highest BCUT2D eigenvalue weighted by molar-refractivity contribution is 7.53. The second-order valence-electron chi connectivity index (χ2n) is 12.1. The van der Waals surface area contributed by atoms with Crippen molar-refractivity contribution < 1.29 is 37.8 Å². The van der Waals surface area contributed by atoms with E-state index < -0.39 is 61.1 Å². The summed E-state index contributed by atoms with van der Waals surface area (Å²) in [5.41, 5.74) is 0.609. The average Bonchev–Trinajstić information content (AvgIpc) is 3.23. The number of benzene rings is 2. The Morgan fingerprint density at radius 2 is 1.61 bits per heavy atom. The Morgan fingerprint density at radius 3 is 2.10 bits per heavy atom. The standard InChI is InChI=1S/C31H40NO8P/c1-8-24(22-16-14-21(15-17-22)20-41(37,39-30(2,3)4)40-31(5,6)7)25(18-27(33)34)28(35)32-26(19-38-29(32)36)23-12-10-9-11-13-23/h8-17,24-26H,1,18-20H2,2-7H3,(H,33,34)/t24-,25+,26-/m1/s1. The molecule has 3 rings (SSSR count). The minimum absolute atomic E-state index is 0.0187. The summed E-state index contributed by atoms with van der Waals surface area (Å²) in [6.07, 6.45) is 0.203. The van der Waals surface area contributed by atoms with E-state index in [0.29, 0.717) is 16.7 Å². The number of carbonyl (C=O) groups excluding carboxylic acids is 2. The van der Waals surface area contributed by atoms with Gasteiger partial charge in [-0.15, -0.1) is 6.58 Å². The summed E-state index contributed by atoms with van der Waals surface area (Å²) < 4.78 is 30.7. The topological polar surface area (TPSA) is 119 Å². The van der Waals surface area contributed by atoms with Gasteiger partial charge in [0.2, 0.25) is 5.91 Å². The number of allylic oxidation sites excluding steroid dienone is 1. The van der Waals surface area contributed by atoms with Crippen LogP contribution in [0.5, 0.6) is 0 Å². The Balaban J connectivity index is 1.91. The van der Waals surface area contributed by atoms with Crippen LogP contribution < -0.4 is 0 Å². The van der Waals surface area contributed by atoms with Gasteiger partial charge in [0.05, 0.1) is 29.7 Å². The molecule has 2 aromatic rings. The molecule has 0 bridgehead atoms. The average molecular weight is 586 g/mol. The van der Waals surface area contributed by atoms with Crippen molar-refractivity contribution in [3.63, 3.8) is 0 Å². The molecule has 222 valence electrons. The molecule has 41 heavy (non-hydrogen) atoms. The monoisotopic (exact) mass is 585 g/mol. The number of nitrogens with zero attached hydrogens (tertiary/aromatic N) is 1. The molecule has 2 aromatic carbocycles. The molecule has 1 aliphatic rings. The van der Waals surface area contributed by atoms with Gasteiger partial charge in [-0.25, -0.2) is 9.69 Å². The van der Waals surface area contributed by atoms with Gasteiger partial charge in [0.25, 0.3) is 0 Å². The SMILES string of the molecule is C=C[C@H](c1ccc(CP(=O)(OC(C)(C)C)OC(C)(C)C)cc1)[C@H](CC(=O)O)C(=O)N1C(=O)OC[C@@H]1c1ccccc1. The second kappa shape index (κ2) is 12.7. The van der Waals surface area contributed by atoms with Crippen molar-refractivity contribution in [1.29, 1.82) is 0 Å². The maximum absolute atomic E-state index is 13.8. The van der Waals surface area contributed by atoms with E-state index in [1.807, 2.05) is 47.6 Å². The lowest BCUT2D eigenvalue weighted by Crippen LogP contribution is -2.41. The van der Waals surface area contributed by atoms with E-state index in [2.05, 4.69) is 6.58 Å². The molecule has 3 atom stereocenters. The third-order valence-electron chi connectivity index (χ3n) is 6.26. The van der Waals surface area contributed by atoms with Gasteiger partial charge in [0.15, 0.2) is 0 Å². The lowest BCUT2D eigenvalue weighted by Gasteiger charge is -2.32. The second-order valence-corrected chi connectivity index (χ2v) is 14.0. The van der Waals surface area contributed by atoms with Crippen LogP contribution in [0.2, 0.25) is 0 Å². The van der Waals surface area contributed by atoms with E-state index in [4.69, 9.17) is 13.8 Å². The molecule has 0 aromatic heterocycles. The highest BCUT2D eigenvalue weighted by Crippen LogP contribution is 2.57. The first kappa shape index (κ1) is 32.3. The Kier molecular flexibility index (Phi) is 10.0. The van der Waals surface area contributed by atoms with E-state index in [-0.39, 0.29) is 12.8 Å². The van der Waals surface area contributed by atoms with E-state index in [9.17, 15) is 24.1 Å². The van der Waals surface area contributed by atoms with Crippen LogP contribution in [-0.4, -0.2) is 45.8 Å². The van der Waals surface area contributed by atoms with Crippen LogP contribution in [0, 0.1) is 5.92 Å². The highest BCUT2D eigenvalue weighted by Gasteiger charge is 2.44. The number of cyclic esters (lactones) is 1. The summed E-state index contributed by atoms with van der Waals surface area (Å²) in [5.74, 6) is -3.68. The number of carboxylic acid groups (broad SMARTS) is 1. The summed E-state index contributed by atoms with van der Waals surface area (Å²) >= 11 is 0. The molecule has 1 fully saturated rings. The molecule has 2 amide bonds. The lowest BCUT2D eigenvalue weighted by atomic mass is 9.82. The molecule has 1 heterocycles. The van der Waals surface area contributed by atoms with Crippen molar-refractivity contribution in [3.8, 4) is 0 Å². The number of hydrogen-bond donors (Lipinski definition) is 1. The smallest absolute Gasteiger partial charge is 0.417 e. The Morgan fingerprint density at radius 1 is 1.05 bits per heavy atom. The number of carboxylic acids is 1. The lowest BCUT2D eigenvalue weighted by molar-refractivity contribution is -0.144.